The Kier molecular flexibility index (Phi) is 4.32. The lowest BCUT2D eigenvalue weighted by Gasteiger charge is -2.39. The molecule has 1 atom stereocenters. The molecule has 1 saturated carbocycles. The molecule has 2 rings (SSSR count). The standard InChI is InChI=1S/C17H26O2/c1-12-7-9-17(19,10-8-12)16(18)11-15-13(2)5-4-6-14(15)3/h4-6,12,16,18-19H,7-11H2,1-3H3. The minimum absolute atomic E-state index is 0.559. The van der Waals surface area contributed by atoms with Crippen LogP contribution in [0.25, 0.3) is 0 Å². The Bertz CT molecular complexity index is 411. The van der Waals surface area contributed by atoms with Crippen LogP contribution in [0.4, 0.5) is 0 Å². The third kappa shape index (κ3) is 3.18. The molecule has 106 valence electrons. The molecule has 1 aliphatic carbocycles. The third-order valence-corrected chi connectivity index (χ3v) is 4.80. The van der Waals surface area contributed by atoms with E-state index in [2.05, 4.69) is 32.9 Å². The van der Waals surface area contributed by atoms with Crippen molar-refractivity contribution in [2.45, 2.75) is 64.6 Å². The molecule has 2 N–H and O–H groups in total. The van der Waals surface area contributed by atoms with Crippen molar-refractivity contribution in [3.05, 3.63) is 34.9 Å². The van der Waals surface area contributed by atoms with Crippen LogP contribution in [0.1, 0.15) is 49.3 Å². The number of hydrogen-bond acceptors (Lipinski definition) is 2. The summed E-state index contributed by atoms with van der Waals surface area (Å²) in [6, 6.07) is 6.18. The number of aryl methyl sites for hydroxylation is 2. The molecule has 0 bridgehead atoms. The van der Waals surface area contributed by atoms with Gasteiger partial charge in [0.2, 0.25) is 0 Å². The average Bonchev–Trinajstić information content (AvgIpc) is 2.37. The minimum Gasteiger partial charge on any atom is -0.390 e. The molecule has 0 aromatic heterocycles. The normalized spacial score (nSPS) is 29.2. The van der Waals surface area contributed by atoms with Gasteiger partial charge in [-0.1, -0.05) is 25.1 Å². The second-order valence-electron chi connectivity index (χ2n) is 6.38. The molecule has 1 fully saturated rings. The topological polar surface area (TPSA) is 40.5 Å². The van der Waals surface area contributed by atoms with Gasteiger partial charge in [0.1, 0.15) is 0 Å². The van der Waals surface area contributed by atoms with Gasteiger partial charge in [0.25, 0.3) is 0 Å². The average molecular weight is 262 g/mol. The predicted molar refractivity (Wildman–Crippen MR) is 78.2 cm³/mol. The summed E-state index contributed by atoms with van der Waals surface area (Å²) in [6.45, 7) is 6.36. The fourth-order valence-electron chi connectivity index (χ4n) is 3.15. The van der Waals surface area contributed by atoms with Crippen molar-refractivity contribution in [3.8, 4) is 0 Å². The Hall–Kier alpha value is -0.860. The van der Waals surface area contributed by atoms with E-state index in [-0.39, 0.29) is 0 Å². The van der Waals surface area contributed by atoms with Crippen LogP contribution < -0.4 is 0 Å². The third-order valence-electron chi connectivity index (χ3n) is 4.80. The van der Waals surface area contributed by atoms with Gasteiger partial charge < -0.3 is 10.2 Å². The van der Waals surface area contributed by atoms with E-state index in [9.17, 15) is 10.2 Å². The van der Waals surface area contributed by atoms with E-state index in [0.29, 0.717) is 12.3 Å². The van der Waals surface area contributed by atoms with Crippen LogP contribution in [0.5, 0.6) is 0 Å². The van der Waals surface area contributed by atoms with Crippen molar-refractivity contribution in [2.75, 3.05) is 0 Å². The van der Waals surface area contributed by atoms with Crippen molar-refractivity contribution in [1.29, 1.82) is 0 Å². The number of aliphatic hydroxyl groups excluding tert-OH is 1. The summed E-state index contributed by atoms with van der Waals surface area (Å²) in [5.74, 6) is 0.674. The zero-order valence-electron chi connectivity index (χ0n) is 12.3. The lowest BCUT2D eigenvalue weighted by Crippen LogP contribution is -2.46. The van der Waals surface area contributed by atoms with Crippen LogP contribution in [-0.2, 0) is 6.42 Å². The molecule has 1 aromatic rings. The molecule has 1 unspecified atom stereocenters. The summed E-state index contributed by atoms with van der Waals surface area (Å²) in [7, 11) is 0. The first-order valence-electron chi connectivity index (χ1n) is 7.38. The zero-order chi connectivity index (χ0) is 14.0. The van der Waals surface area contributed by atoms with Crippen LogP contribution in [0, 0.1) is 19.8 Å². The van der Waals surface area contributed by atoms with Crippen LogP contribution in [0.15, 0.2) is 18.2 Å². The molecule has 0 aliphatic heterocycles. The van der Waals surface area contributed by atoms with Gasteiger partial charge in [-0.3, -0.25) is 0 Å². The van der Waals surface area contributed by atoms with E-state index in [1.54, 1.807) is 0 Å². The monoisotopic (exact) mass is 262 g/mol. The van der Waals surface area contributed by atoms with Crippen molar-refractivity contribution < 1.29 is 10.2 Å². The van der Waals surface area contributed by atoms with Crippen LogP contribution >= 0.6 is 0 Å². The van der Waals surface area contributed by atoms with E-state index in [1.165, 1.54) is 16.7 Å². The Morgan fingerprint density at radius 2 is 1.74 bits per heavy atom. The van der Waals surface area contributed by atoms with Crippen molar-refractivity contribution in [1.82, 2.24) is 0 Å². The van der Waals surface area contributed by atoms with E-state index >= 15 is 0 Å². The Morgan fingerprint density at radius 1 is 1.21 bits per heavy atom. The van der Waals surface area contributed by atoms with Gasteiger partial charge in [-0.2, -0.15) is 0 Å². The van der Waals surface area contributed by atoms with Gasteiger partial charge in [0.15, 0.2) is 0 Å². The second kappa shape index (κ2) is 5.64. The summed E-state index contributed by atoms with van der Waals surface area (Å²) < 4.78 is 0. The maximum absolute atomic E-state index is 10.7. The van der Waals surface area contributed by atoms with Crippen molar-refractivity contribution in [3.63, 3.8) is 0 Å². The number of hydrogen-bond donors (Lipinski definition) is 2. The largest absolute Gasteiger partial charge is 0.390 e. The number of benzene rings is 1. The molecule has 0 saturated heterocycles. The second-order valence-corrected chi connectivity index (χ2v) is 6.38. The SMILES string of the molecule is Cc1cccc(C)c1CC(O)C1(O)CCC(C)CC1. The van der Waals surface area contributed by atoms with Gasteiger partial charge >= 0.3 is 0 Å². The van der Waals surface area contributed by atoms with Crippen LogP contribution in [0.2, 0.25) is 0 Å². The lowest BCUT2D eigenvalue weighted by atomic mass is 9.75. The van der Waals surface area contributed by atoms with Gasteiger partial charge in [0, 0.05) is 6.42 Å². The van der Waals surface area contributed by atoms with Crippen molar-refractivity contribution >= 4 is 0 Å². The Morgan fingerprint density at radius 3 is 2.26 bits per heavy atom. The summed E-state index contributed by atoms with van der Waals surface area (Å²) in [4.78, 5) is 0. The maximum atomic E-state index is 10.7. The smallest absolute Gasteiger partial charge is 0.0908 e. The predicted octanol–water partition coefficient (Wildman–Crippen LogP) is 3.15. The molecule has 2 heteroatoms. The molecular weight excluding hydrogens is 236 g/mol. The fourth-order valence-corrected chi connectivity index (χ4v) is 3.15. The molecule has 0 radical (unpaired) electrons. The van der Waals surface area contributed by atoms with E-state index in [0.717, 1.165) is 25.7 Å². The molecule has 0 spiro atoms. The highest BCUT2D eigenvalue weighted by Crippen LogP contribution is 2.35. The van der Waals surface area contributed by atoms with E-state index < -0.39 is 11.7 Å². The Balaban J connectivity index is 2.10. The summed E-state index contributed by atoms with van der Waals surface area (Å²) in [6.07, 6.45) is 3.38. The number of aliphatic hydroxyl groups is 2. The van der Waals surface area contributed by atoms with Gasteiger partial charge in [-0.15, -0.1) is 0 Å². The summed E-state index contributed by atoms with van der Waals surface area (Å²) in [5.41, 5.74) is 2.70. The maximum Gasteiger partial charge on any atom is 0.0908 e. The molecule has 1 aromatic carbocycles. The zero-order valence-corrected chi connectivity index (χ0v) is 12.3. The highest BCUT2D eigenvalue weighted by molar-refractivity contribution is 5.34. The van der Waals surface area contributed by atoms with Gasteiger partial charge in [0.05, 0.1) is 11.7 Å². The molecule has 2 nitrogen and oxygen atoms in total. The van der Waals surface area contributed by atoms with E-state index in [4.69, 9.17) is 0 Å². The quantitative estimate of drug-likeness (QED) is 0.878. The lowest BCUT2D eigenvalue weighted by molar-refractivity contribution is -0.102. The van der Waals surface area contributed by atoms with Crippen molar-refractivity contribution in [2.24, 2.45) is 5.92 Å². The summed E-state index contributed by atoms with van der Waals surface area (Å²) >= 11 is 0. The summed E-state index contributed by atoms with van der Waals surface area (Å²) in [5, 5.41) is 21.1. The fraction of sp³-hybridized carbons (Fsp3) is 0.647. The van der Waals surface area contributed by atoms with E-state index in [1.807, 2.05) is 6.07 Å². The minimum atomic E-state index is -0.888. The Labute approximate surface area is 116 Å². The number of rotatable bonds is 3. The molecular formula is C17H26O2. The first-order valence-corrected chi connectivity index (χ1v) is 7.38. The van der Waals surface area contributed by atoms with Crippen LogP contribution in [0.3, 0.4) is 0 Å². The highest BCUT2D eigenvalue weighted by Gasteiger charge is 2.38. The molecule has 0 amide bonds. The molecule has 0 heterocycles. The molecule has 19 heavy (non-hydrogen) atoms. The van der Waals surface area contributed by atoms with Gasteiger partial charge in [-0.25, -0.2) is 0 Å². The first kappa shape index (κ1) is 14.5. The highest BCUT2D eigenvalue weighted by atomic mass is 16.3. The molecule has 1 aliphatic rings. The van der Waals surface area contributed by atoms with Crippen LogP contribution in [-0.4, -0.2) is 21.9 Å². The van der Waals surface area contributed by atoms with Gasteiger partial charge in [-0.05, 0) is 62.1 Å². The first-order chi connectivity index (χ1) is 8.92.